The summed E-state index contributed by atoms with van der Waals surface area (Å²) < 4.78 is 42.2. The molecule has 0 atom stereocenters. The Bertz CT molecular complexity index is 1440. The van der Waals surface area contributed by atoms with Gasteiger partial charge in [0.25, 0.3) is 5.91 Å². The van der Waals surface area contributed by atoms with Gasteiger partial charge in [-0.15, -0.1) is 0 Å². The van der Waals surface area contributed by atoms with Crippen LogP contribution in [-0.2, 0) is 13.1 Å². The molecule has 0 aromatic heterocycles. The third-order valence-corrected chi connectivity index (χ3v) is 6.96. The standard InChI is InChI=1S/C32H35F3N4O3/c1-32(2,3)18-29(40)22-7-4-6-21(16-22)20-38-12-14-39(15-13-38)30(41)23-10-11-28(27(35)17-23)37-31(42)36-19-24-25(33)8-5-9-26(24)34/h4-11,16-17H,12-15,18-20H2,1-3H3,(H2,36,37,42). The Morgan fingerprint density at radius 2 is 1.48 bits per heavy atom. The van der Waals surface area contributed by atoms with Crippen LogP contribution in [0.25, 0.3) is 0 Å². The van der Waals surface area contributed by atoms with Gasteiger partial charge in [0, 0.05) is 55.8 Å². The van der Waals surface area contributed by atoms with Gasteiger partial charge in [0.15, 0.2) is 5.78 Å². The fourth-order valence-corrected chi connectivity index (χ4v) is 4.76. The molecule has 3 amide bonds. The predicted molar refractivity (Wildman–Crippen MR) is 155 cm³/mol. The highest BCUT2D eigenvalue weighted by atomic mass is 19.1. The summed E-state index contributed by atoms with van der Waals surface area (Å²) in [6.45, 7) is 8.50. The number of nitrogens with zero attached hydrogens (tertiary/aromatic N) is 2. The molecule has 0 unspecified atom stereocenters. The molecular formula is C32H35F3N4O3. The zero-order valence-electron chi connectivity index (χ0n) is 24.0. The smallest absolute Gasteiger partial charge is 0.319 e. The summed E-state index contributed by atoms with van der Waals surface area (Å²) in [7, 11) is 0. The molecule has 0 saturated carbocycles. The fraction of sp³-hybridized carbons (Fsp3) is 0.344. The minimum atomic E-state index is -0.851. The van der Waals surface area contributed by atoms with Crippen molar-refractivity contribution in [1.82, 2.24) is 15.1 Å². The molecule has 3 aromatic rings. The monoisotopic (exact) mass is 580 g/mol. The summed E-state index contributed by atoms with van der Waals surface area (Å²) in [6, 6.07) is 13.9. The SMILES string of the molecule is CC(C)(C)CC(=O)c1cccc(CN2CCN(C(=O)c3ccc(NC(=O)NCc4c(F)cccc4F)c(F)c3)CC2)c1. The van der Waals surface area contributed by atoms with E-state index in [4.69, 9.17) is 0 Å². The number of rotatable bonds is 8. The molecule has 4 rings (SSSR count). The van der Waals surface area contributed by atoms with E-state index in [1.54, 1.807) is 4.90 Å². The number of benzene rings is 3. The van der Waals surface area contributed by atoms with Crippen LogP contribution >= 0.6 is 0 Å². The first-order chi connectivity index (χ1) is 19.9. The number of hydrogen-bond donors (Lipinski definition) is 2. The van der Waals surface area contributed by atoms with E-state index in [2.05, 4.69) is 15.5 Å². The first kappa shape index (κ1) is 30.8. The third-order valence-electron chi connectivity index (χ3n) is 6.96. The average molecular weight is 581 g/mol. The van der Waals surface area contributed by atoms with E-state index >= 15 is 0 Å². The van der Waals surface area contributed by atoms with Crippen LogP contribution in [0.4, 0.5) is 23.7 Å². The second kappa shape index (κ2) is 13.2. The maximum Gasteiger partial charge on any atom is 0.319 e. The van der Waals surface area contributed by atoms with Gasteiger partial charge in [-0.25, -0.2) is 18.0 Å². The van der Waals surface area contributed by atoms with Crippen LogP contribution in [0.1, 0.15) is 59.0 Å². The minimum absolute atomic E-state index is 0.0868. The zero-order valence-corrected chi connectivity index (χ0v) is 24.0. The molecule has 10 heteroatoms. The molecule has 1 heterocycles. The lowest BCUT2D eigenvalue weighted by atomic mass is 9.87. The van der Waals surface area contributed by atoms with E-state index in [-0.39, 0.29) is 33.9 Å². The molecule has 7 nitrogen and oxygen atoms in total. The van der Waals surface area contributed by atoms with Crippen molar-refractivity contribution in [3.8, 4) is 0 Å². The van der Waals surface area contributed by atoms with Crippen molar-refractivity contribution >= 4 is 23.4 Å². The summed E-state index contributed by atoms with van der Waals surface area (Å²) in [6.07, 6.45) is 0.471. The number of urea groups is 1. The number of carbonyl (C=O) groups excluding carboxylic acids is 3. The molecular weight excluding hydrogens is 545 g/mol. The lowest BCUT2D eigenvalue weighted by molar-refractivity contribution is 0.0627. The van der Waals surface area contributed by atoms with Crippen molar-refractivity contribution in [2.45, 2.75) is 40.3 Å². The number of amides is 3. The van der Waals surface area contributed by atoms with Crippen LogP contribution in [0.2, 0.25) is 0 Å². The highest BCUT2D eigenvalue weighted by Crippen LogP contribution is 2.23. The van der Waals surface area contributed by atoms with Crippen LogP contribution < -0.4 is 10.6 Å². The van der Waals surface area contributed by atoms with E-state index in [0.717, 1.165) is 23.8 Å². The molecule has 222 valence electrons. The van der Waals surface area contributed by atoms with Crippen LogP contribution in [0.5, 0.6) is 0 Å². The number of halogens is 3. The lowest BCUT2D eigenvalue weighted by Gasteiger charge is -2.35. The molecule has 1 saturated heterocycles. The summed E-state index contributed by atoms with van der Waals surface area (Å²) in [4.78, 5) is 41.7. The molecule has 0 bridgehead atoms. The number of piperazine rings is 1. The molecule has 0 spiro atoms. The third kappa shape index (κ3) is 8.19. The molecule has 1 fully saturated rings. The van der Waals surface area contributed by atoms with Crippen LogP contribution in [0.15, 0.2) is 60.7 Å². The van der Waals surface area contributed by atoms with Gasteiger partial charge in [0.2, 0.25) is 0 Å². The van der Waals surface area contributed by atoms with Crippen LogP contribution in [0.3, 0.4) is 0 Å². The number of ketones is 1. The Hall–Kier alpha value is -4.18. The van der Waals surface area contributed by atoms with E-state index in [1.807, 2.05) is 45.0 Å². The van der Waals surface area contributed by atoms with E-state index in [1.165, 1.54) is 18.2 Å². The zero-order chi connectivity index (χ0) is 30.4. The van der Waals surface area contributed by atoms with Crippen molar-refractivity contribution in [2.75, 3.05) is 31.5 Å². The second-order valence-corrected chi connectivity index (χ2v) is 11.6. The second-order valence-electron chi connectivity index (χ2n) is 11.6. The molecule has 3 aromatic carbocycles. The Morgan fingerprint density at radius 3 is 2.12 bits per heavy atom. The Kier molecular flexibility index (Phi) is 9.67. The van der Waals surface area contributed by atoms with E-state index in [9.17, 15) is 27.6 Å². The lowest BCUT2D eigenvalue weighted by Crippen LogP contribution is -2.48. The molecule has 2 N–H and O–H groups in total. The predicted octanol–water partition coefficient (Wildman–Crippen LogP) is 6.00. The van der Waals surface area contributed by atoms with Crippen molar-refractivity contribution in [1.29, 1.82) is 0 Å². The highest BCUT2D eigenvalue weighted by Gasteiger charge is 2.24. The van der Waals surface area contributed by atoms with E-state index in [0.29, 0.717) is 44.7 Å². The quantitative estimate of drug-likeness (QED) is 0.320. The number of hydrogen-bond acceptors (Lipinski definition) is 4. The summed E-state index contributed by atoms with van der Waals surface area (Å²) in [5.41, 5.74) is 1.30. The van der Waals surface area contributed by atoms with Crippen molar-refractivity contribution < 1.29 is 27.6 Å². The Balaban J connectivity index is 1.28. The van der Waals surface area contributed by atoms with Gasteiger partial charge in [-0.2, -0.15) is 0 Å². The Labute approximate surface area is 243 Å². The Morgan fingerprint density at radius 1 is 0.810 bits per heavy atom. The van der Waals surface area contributed by atoms with Crippen molar-refractivity contribution in [3.63, 3.8) is 0 Å². The van der Waals surface area contributed by atoms with Gasteiger partial charge in [-0.05, 0) is 47.4 Å². The normalized spacial score (nSPS) is 14.0. The van der Waals surface area contributed by atoms with Crippen LogP contribution in [0, 0.1) is 22.9 Å². The van der Waals surface area contributed by atoms with Gasteiger partial charge in [-0.1, -0.05) is 45.0 Å². The minimum Gasteiger partial charge on any atom is -0.336 e. The number of Topliss-reactive ketones (excluding diaryl/α,β-unsaturated/α-hetero) is 1. The van der Waals surface area contributed by atoms with Gasteiger partial charge in [0.05, 0.1) is 12.2 Å². The fourth-order valence-electron chi connectivity index (χ4n) is 4.76. The molecule has 1 aliphatic heterocycles. The highest BCUT2D eigenvalue weighted by molar-refractivity contribution is 5.97. The molecule has 0 aliphatic carbocycles. The van der Waals surface area contributed by atoms with E-state index < -0.39 is 30.0 Å². The maximum atomic E-state index is 14.7. The molecule has 0 radical (unpaired) electrons. The average Bonchev–Trinajstić information content (AvgIpc) is 2.93. The van der Waals surface area contributed by atoms with Gasteiger partial charge >= 0.3 is 6.03 Å². The first-order valence-electron chi connectivity index (χ1n) is 13.8. The number of carbonyl (C=O) groups is 3. The van der Waals surface area contributed by atoms with Gasteiger partial charge in [-0.3, -0.25) is 14.5 Å². The molecule has 1 aliphatic rings. The molecule has 42 heavy (non-hydrogen) atoms. The van der Waals surface area contributed by atoms with Gasteiger partial charge < -0.3 is 15.5 Å². The topological polar surface area (TPSA) is 81.8 Å². The summed E-state index contributed by atoms with van der Waals surface area (Å²) in [5, 5.41) is 4.58. The van der Waals surface area contributed by atoms with Crippen molar-refractivity contribution in [3.05, 3.63) is 100 Å². The van der Waals surface area contributed by atoms with Gasteiger partial charge in [0.1, 0.15) is 17.5 Å². The number of anilines is 1. The summed E-state index contributed by atoms with van der Waals surface area (Å²) >= 11 is 0. The first-order valence-corrected chi connectivity index (χ1v) is 13.8. The van der Waals surface area contributed by atoms with Crippen molar-refractivity contribution in [2.24, 2.45) is 5.41 Å². The number of nitrogens with one attached hydrogen (secondary N) is 2. The maximum absolute atomic E-state index is 14.7. The summed E-state index contributed by atoms with van der Waals surface area (Å²) in [5.74, 6) is -2.63. The van der Waals surface area contributed by atoms with Crippen LogP contribution in [-0.4, -0.2) is 53.7 Å². The largest absolute Gasteiger partial charge is 0.336 e.